The fourth-order valence-electron chi connectivity index (χ4n) is 2.36. The highest BCUT2D eigenvalue weighted by atomic mass is 79.9. The van der Waals surface area contributed by atoms with Crippen LogP contribution in [0.15, 0.2) is 52.1 Å². The van der Waals surface area contributed by atoms with Gasteiger partial charge in [0.25, 0.3) is 5.66 Å². The van der Waals surface area contributed by atoms with Gasteiger partial charge in [-0.15, -0.1) is 0 Å². The molecule has 0 saturated carbocycles. The van der Waals surface area contributed by atoms with Crippen LogP contribution in [0.2, 0.25) is 0 Å². The van der Waals surface area contributed by atoms with Gasteiger partial charge in [-0.2, -0.15) is 13.2 Å². The van der Waals surface area contributed by atoms with Crippen LogP contribution in [-0.2, 0) is 5.66 Å². The predicted molar refractivity (Wildman–Crippen MR) is 82.9 cm³/mol. The number of aliphatic imine (C=N–C) groups is 1. The zero-order valence-corrected chi connectivity index (χ0v) is 13.4. The summed E-state index contributed by atoms with van der Waals surface area (Å²) < 4.78 is 42.0. The molecule has 0 fully saturated rings. The molecule has 2 aliphatic heterocycles. The van der Waals surface area contributed by atoms with Crippen LogP contribution in [0, 0.1) is 6.92 Å². The van der Waals surface area contributed by atoms with Gasteiger partial charge in [-0.3, -0.25) is 4.90 Å². The molecule has 2 aliphatic rings. The molecule has 1 atom stereocenters. The van der Waals surface area contributed by atoms with Crippen molar-refractivity contribution >= 4 is 27.8 Å². The van der Waals surface area contributed by atoms with Gasteiger partial charge in [-0.1, -0.05) is 29.8 Å². The number of nitrogens with one attached hydrogen (secondary N) is 1. The number of alkyl halides is 3. The van der Waals surface area contributed by atoms with Crippen molar-refractivity contribution in [1.29, 1.82) is 0 Å². The monoisotopic (exact) mass is 385 g/mol. The summed E-state index contributed by atoms with van der Waals surface area (Å²) in [6.45, 7) is 1.77. The van der Waals surface area contributed by atoms with E-state index in [2.05, 4.69) is 20.9 Å². The zero-order chi connectivity index (χ0) is 16.8. The molecule has 0 aromatic heterocycles. The summed E-state index contributed by atoms with van der Waals surface area (Å²) in [6.07, 6.45) is -0.533. The Morgan fingerprint density at radius 2 is 1.87 bits per heavy atom. The van der Waals surface area contributed by atoms with E-state index in [1.807, 2.05) is 5.32 Å². The number of amides is 2. The summed E-state index contributed by atoms with van der Waals surface area (Å²) in [7, 11) is 0. The van der Waals surface area contributed by atoms with Crippen LogP contribution >= 0.6 is 15.9 Å². The lowest BCUT2D eigenvalue weighted by atomic mass is 9.97. The number of hydrogen-bond acceptors (Lipinski definition) is 2. The Kier molecular flexibility index (Phi) is 3.59. The highest BCUT2D eigenvalue weighted by Crippen LogP contribution is 2.42. The first-order chi connectivity index (χ1) is 10.7. The van der Waals surface area contributed by atoms with Crippen molar-refractivity contribution in [2.24, 2.45) is 4.99 Å². The lowest BCUT2D eigenvalue weighted by Gasteiger charge is -2.40. The minimum Gasteiger partial charge on any atom is -0.301 e. The number of allylic oxidation sites excluding steroid dienone is 2. The van der Waals surface area contributed by atoms with Crippen LogP contribution < -0.4 is 5.32 Å². The number of benzene rings is 1. The molecule has 0 spiro atoms. The lowest BCUT2D eigenvalue weighted by Crippen LogP contribution is -2.62. The van der Waals surface area contributed by atoms with E-state index in [9.17, 15) is 18.0 Å². The predicted octanol–water partition coefficient (Wildman–Crippen LogP) is 3.94. The van der Waals surface area contributed by atoms with Gasteiger partial charge in [-0.25, -0.2) is 9.79 Å². The molecular weight excluding hydrogens is 375 g/mol. The molecule has 0 bridgehead atoms. The summed E-state index contributed by atoms with van der Waals surface area (Å²) in [4.78, 5) is 17.1. The molecule has 2 heterocycles. The maximum Gasteiger partial charge on any atom is 0.436 e. The van der Waals surface area contributed by atoms with E-state index in [-0.39, 0.29) is 11.4 Å². The van der Waals surface area contributed by atoms with Gasteiger partial charge in [0.2, 0.25) is 0 Å². The van der Waals surface area contributed by atoms with E-state index in [1.54, 1.807) is 19.1 Å². The molecule has 3 rings (SSSR count). The van der Waals surface area contributed by atoms with Crippen LogP contribution in [-0.4, -0.2) is 22.9 Å². The molecule has 1 aromatic rings. The Morgan fingerprint density at radius 1 is 1.22 bits per heavy atom. The third kappa shape index (κ3) is 2.56. The van der Waals surface area contributed by atoms with Crippen LogP contribution in [0.25, 0.3) is 0 Å². The number of rotatable bonds is 1. The molecule has 1 N–H and O–H groups in total. The molecule has 0 saturated heterocycles. The summed E-state index contributed by atoms with van der Waals surface area (Å²) in [5.74, 6) is -0.0742. The van der Waals surface area contributed by atoms with E-state index in [1.165, 1.54) is 30.5 Å². The number of amidine groups is 1. The summed E-state index contributed by atoms with van der Waals surface area (Å²) >= 11 is 3.17. The normalized spacial score (nSPS) is 23.9. The molecule has 1 aromatic carbocycles. The van der Waals surface area contributed by atoms with Crippen molar-refractivity contribution in [3.05, 3.63) is 58.2 Å². The van der Waals surface area contributed by atoms with Gasteiger partial charge >= 0.3 is 12.2 Å². The number of urea groups is 1. The van der Waals surface area contributed by atoms with Gasteiger partial charge in [0.15, 0.2) is 0 Å². The summed E-state index contributed by atoms with van der Waals surface area (Å²) in [6, 6.07) is 4.85. The Balaban J connectivity index is 2.19. The van der Waals surface area contributed by atoms with E-state index < -0.39 is 17.9 Å². The average molecular weight is 386 g/mol. The molecule has 120 valence electrons. The van der Waals surface area contributed by atoms with Crippen molar-refractivity contribution < 1.29 is 18.0 Å². The molecule has 2 amide bonds. The highest BCUT2D eigenvalue weighted by Gasteiger charge is 2.60. The largest absolute Gasteiger partial charge is 0.436 e. The zero-order valence-electron chi connectivity index (χ0n) is 11.9. The fourth-order valence-corrected chi connectivity index (χ4v) is 2.70. The number of fused-ring (bicyclic) bond motifs is 1. The molecular formula is C15H11BrF3N3O. The highest BCUT2D eigenvalue weighted by molar-refractivity contribution is 9.11. The number of hydrogen-bond donors (Lipinski definition) is 1. The molecule has 23 heavy (non-hydrogen) atoms. The van der Waals surface area contributed by atoms with Crippen LogP contribution in [0.3, 0.4) is 0 Å². The third-order valence-electron chi connectivity index (χ3n) is 3.56. The minimum absolute atomic E-state index is 0.0742. The molecule has 0 radical (unpaired) electrons. The number of carbonyl (C=O) groups is 1. The van der Waals surface area contributed by atoms with E-state index in [4.69, 9.17) is 0 Å². The van der Waals surface area contributed by atoms with E-state index in [0.29, 0.717) is 4.48 Å². The van der Waals surface area contributed by atoms with Gasteiger partial charge < -0.3 is 5.32 Å². The van der Waals surface area contributed by atoms with Crippen LogP contribution in [0.1, 0.15) is 11.1 Å². The van der Waals surface area contributed by atoms with Crippen molar-refractivity contribution in [2.75, 3.05) is 0 Å². The Hall–Kier alpha value is -2.09. The first-order valence-corrected chi connectivity index (χ1v) is 7.43. The topological polar surface area (TPSA) is 44.7 Å². The van der Waals surface area contributed by atoms with Crippen molar-refractivity contribution in [2.45, 2.75) is 18.8 Å². The van der Waals surface area contributed by atoms with Crippen molar-refractivity contribution in [3.8, 4) is 0 Å². The van der Waals surface area contributed by atoms with Crippen molar-refractivity contribution in [1.82, 2.24) is 10.2 Å². The molecule has 8 heteroatoms. The third-order valence-corrected chi connectivity index (χ3v) is 4.03. The van der Waals surface area contributed by atoms with Crippen molar-refractivity contribution in [3.63, 3.8) is 0 Å². The SMILES string of the molecule is Cc1ccc(C2(C(F)(F)F)N=C3C=CC(Br)=CN3C(=O)N2)cc1. The molecule has 1 unspecified atom stereocenters. The van der Waals surface area contributed by atoms with Crippen LogP contribution in [0.5, 0.6) is 0 Å². The number of aryl methyl sites for hydroxylation is 1. The standard InChI is InChI=1S/C15H11BrF3N3O/c1-9-2-4-10(5-3-9)14(15(17,18)19)20-12-7-6-11(16)8-22(12)13(23)21-14/h2-8H,1H3,(H,21,23). The quantitative estimate of drug-likeness (QED) is 0.781. The number of carbonyl (C=O) groups excluding carboxylic acids is 1. The molecule has 0 aliphatic carbocycles. The maximum atomic E-state index is 13.8. The van der Waals surface area contributed by atoms with E-state index in [0.717, 1.165) is 10.5 Å². The first kappa shape index (κ1) is 15.8. The van der Waals surface area contributed by atoms with Gasteiger partial charge in [0.1, 0.15) is 5.84 Å². The van der Waals surface area contributed by atoms with E-state index >= 15 is 0 Å². The number of nitrogens with zero attached hydrogens (tertiary/aromatic N) is 2. The second-order valence-corrected chi connectivity index (χ2v) is 6.11. The Labute approximate surface area is 138 Å². The second kappa shape index (κ2) is 5.23. The minimum atomic E-state index is -4.79. The Morgan fingerprint density at radius 3 is 2.48 bits per heavy atom. The second-order valence-electron chi connectivity index (χ2n) is 5.19. The smallest absolute Gasteiger partial charge is 0.301 e. The lowest BCUT2D eigenvalue weighted by molar-refractivity contribution is -0.196. The maximum absolute atomic E-state index is 13.8. The van der Waals surface area contributed by atoms with Gasteiger partial charge in [-0.05, 0) is 35.0 Å². The van der Waals surface area contributed by atoms with Gasteiger partial charge in [0, 0.05) is 16.2 Å². The van der Waals surface area contributed by atoms with Gasteiger partial charge in [0.05, 0.1) is 0 Å². The average Bonchev–Trinajstić information content (AvgIpc) is 2.47. The Bertz CT molecular complexity index is 752. The molecule has 4 nitrogen and oxygen atoms in total. The summed E-state index contributed by atoms with van der Waals surface area (Å²) in [5, 5.41) is 2.00. The fraction of sp³-hybridized carbons (Fsp3) is 0.200. The summed E-state index contributed by atoms with van der Waals surface area (Å²) in [5.41, 5.74) is -2.13. The first-order valence-electron chi connectivity index (χ1n) is 6.63. The number of halogens is 4. The van der Waals surface area contributed by atoms with Crippen LogP contribution in [0.4, 0.5) is 18.0 Å².